The highest BCUT2D eigenvalue weighted by Gasteiger charge is 2.27. The second-order valence-electron chi connectivity index (χ2n) is 8.24. The summed E-state index contributed by atoms with van der Waals surface area (Å²) >= 11 is 0. The van der Waals surface area contributed by atoms with Gasteiger partial charge < -0.3 is 4.74 Å². The normalized spacial score (nSPS) is 23.5. The van der Waals surface area contributed by atoms with Crippen LogP contribution in [0, 0.1) is 11.8 Å². The van der Waals surface area contributed by atoms with Crippen molar-refractivity contribution in [2.75, 3.05) is 0 Å². The average molecular weight is 351 g/mol. The van der Waals surface area contributed by atoms with Gasteiger partial charge in [-0.3, -0.25) is 9.59 Å². The molecule has 0 spiro atoms. The fourth-order valence-electron chi connectivity index (χ4n) is 4.36. The lowest BCUT2D eigenvalue weighted by molar-refractivity contribution is -0.166. The van der Waals surface area contributed by atoms with Gasteiger partial charge in [-0.15, -0.1) is 0 Å². The summed E-state index contributed by atoms with van der Waals surface area (Å²) in [7, 11) is 0. The molecule has 0 radical (unpaired) electrons. The van der Waals surface area contributed by atoms with Crippen LogP contribution in [0.15, 0.2) is 0 Å². The van der Waals surface area contributed by atoms with Crippen LogP contribution in [0.25, 0.3) is 0 Å². The minimum Gasteiger partial charge on any atom is -0.393 e. The summed E-state index contributed by atoms with van der Waals surface area (Å²) < 4.78 is 5.39. The van der Waals surface area contributed by atoms with E-state index in [9.17, 15) is 9.59 Å². The van der Waals surface area contributed by atoms with Gasteiger partial charge in [0.2, 0.25) is 0 Å². The number of rotatable bonds is 2. The molecule has 3 nitrogen and oxygen atoms in total. The highest BCUT2D eigenvalue weighted by molar-refractivity contribution is 5.87. The highest BCUT2D eigenvalue weighted by Crippen LogP contribution is 2.25. The summed E-state index contributed by atoms with van der Waals surface area (Å²) in [5, 5.41) is 0. The molecule has 2 aliphatic rings. The zero-order chi connectivity index (χ0) is 17.7. The summed E-state index contributed by atoms with van der Waals surface area (Å²) in [4.78, 5) is 25.1. The maximum Gasteiger partial charge on any atom is 0.316 e. The van der Waals surface area contributed by atoms with E-state index in [0.717, 1.165) is 51.4 Å². The van der Waals surface area contributed by atoms with Crippen molar-refractivity contribution in [3.8, 4) is 0 Å². The summed E-state index contributed by atoms with van der Waals surface area (Å²) in [5.41, 5.74) is 0. The monoisotopic (exact) mass is 350 g/mol. The van der Waals surface area contributed by atoms with Crippen LogP contribution >= 0.6 is 0 Å². The van der Waals surface area contributed by atoms with Gasteiger partial charge in [0, 0.05) is 0 Å². The van der Waals surface area contributed by atoms with E-state index in [1.54, 1.807) is 0 Å². The number of hydrogen-bond donors (Lipinski definition) is 0. The Morgan fingerprint density at radius 1 is 0.440 bits per heavy atom. The minimum absolute atomic E-state index is 0.0541. The van der Waals surface area contributed by atoms with Crippen LogP contribution in [-0.2, 0) is 14.3 Å². The van der Waals surface area contributed by atoms with E-state index in [2.05, 4.69) is 0 Å². The molecule has 0 N–H and O–H groups in total. The predicted molar refractivity (Wildman–Crippen MR) is 101 cm³/mol. The van der Waals surface area contributed by atoms with Crippen molar-refractivity contribution in [1.29, 1.82) is 0 Å². The summed E-state index contributed by atoms with van der Waals surface area (Å²) in [6.07, 6.45) is 20.6. The van der Waals surface area contributed by atoms with Crippen molar-refractivity contribution in [3.05, 3.63) is 0 Å². The van der Waals surface area contributed by atoms with Gasteiger partial charge in [0.15, 0.2) is 0 Å². The Morgan fingerprint density at radius 3 is 0.960 bits per heavy atom. The molecule has 0 amide bonds. The third-order valence-corrected chi connectivity index (χ3v) is 6.08. The molecule has 0 heterocycles. The van der Waals surface area contributed by atoms with Crippen molar-refractivity contribution < 1.29 is 14.3 Å². The van der Waals surface area contributed by atoms with Crippen molar-refractivity contribution in [2.45, 2.75) is 116 Å². The SMILES string of the molecule is O=C(OC(=O)C1CCCCCCCCC1)C1CCCCCCCCC1. The van der Waals surface area contributed by atoms with E-state index in [0.29, 0.717) is 0 Å². The summed E-state index contributed by atoms with van der Waals surface area (Å²) in [5.74, 6) is -0.575. The quantitative estimate of drug-likeness (QED) is 0.431. The summed E-state index contributed by atoms with van der Waals surface area (Å²) in [6, 6.07) is 0. The van der Waals surface area contributed by atoms with Gasteiger partial charge in [-0.1, -0.05) is 89.9 Å². The standard InChI is InChI=1S/C22H38O3/c23-21(19-15-11-7-3-1-4-8-12-16-19)25-22(24)20-17-13-9-5-2-6-10-14-18-20/h19-20H,1-18H2. The van der Waals surface area contributed by atoms with Crippen molar-refractivity contribution in [3.63, 3.8) is 0 Å². The predicted octanol–water partition coefficient (Wildman–Crippen LogP) is 6.34. The molecule has 2 fully saturated rings. The van der Waals surface area contributed by atoms with Gasteiger partial charge >= 0.3 is 11.9 Å². The average Bonchev–Trinajstić information content (AvgIpc) is 2.63. The molecule has 0 saturated heterocycles. The topological polar surface area (TPSA) is 43.4 Å². The highest BCUT2D eigenvalue weighted by atomic mass is 16.6. The maximum absolute atomic E-state index is 12.5. The van der Waals surface area contributed by atoms with Crippen molar-refractivity contribution in [2.24, 2.45) is 11.8 Å². The van der Waals surface area contributed by atoms with Crippen LogP contribution in [0.3, 0.4) is 0 Å². The van der Waals surface area contributed by atoms with E-state index in [1.807, 2.05) is 0 Å². The Morgan fingerprint density at radius 2 is 0.680 bits per heavy atom. The molecule has 0 bridgehead atoms. The van der Waals surface area contributed by atoms with Gasteiger partial charge in [0.05, 0.1) is 11.8 Å². The Labute approximate surface area is 154 Å². The van der Waals surface area contributed by atoms with Gasteiger partial charge in [0.25, 0.3) is 0 Å². The summed E-state index contributed by atoms with van der Waals surface area (Å²) in [6.45, 7) is 0. The van der Waals surface area contributed by atoms with Gasteiger partial charge in [-0.2, -0.15) is 0 Å². The first-order valence-corrected chi connectivity index (χ1v) is 11.0. The van der Waals surface area contributed by atoms with Crippen LogP contribution < -0.4 is 0 Å². The lowest BCUT2D eigenvalue weighted by Crippen LogP contribution is -2.26. The van der Waals surface area contributed by atoms with Gasteiger partial charge in [-0.05, 0) is 25.7 Å². The molecule has 2 rings (SSSR count). The fourth-order valence-corrected chi connectivity index (χ4v) is 4.36. The molecule has 0 aromatic heterocycles. The Bertz CT molecular complexity index is 335. The molecule has 2 saturated carbocycles. The molecule has 144 valence electrons. The fraction of sp³-hybridized carbons (Fsp3) is 0.909. The van der Waals surface area contributed by atoms with Crippen molar-refractivity contribution >= 4 is 11.9 Å². The van der Waals surface area contributed by atoms with Gasteiger partial charge in [0.1, 0.15) is 0 Å². The van der Waals surface area contributed by atoms with Crippen LogP contribution in [0.4, 0.5) is 0 Å². The number of hydrogen-bond acceptors (Lipinski definition) is 3. The zero-order valence-electron chi connectivity index (χ0n) is 16.1. The first-order valence-electron chi connectivity index (χ1n) is 11.0. The van der Waals surface area contributed by atoms with E-state index in [-0.39, 0.29) is 23.8 Å². The van der Waals surface area contributed by atoms with Crippen molar-refractivity contribution in [1.82, 2.24) is 0 Å². The van der Waals surface area contributed by atoms with E-state index in [1.165, 1.54) is 64.2 Å². The Hall–Kier alpha value is -0.860. The maximum atomic E-state index is 12.5. The molecular weight excluding hydrogens is 312 g/mol. The lowest BCUT2D eigenvalue weighted by atomic mass is 9.91. The van der Waals surface area contributed by atoms with E-state index in [4.69, 9.17) is 4.74 Å². The molecule has 2 aliphatic carbocycles. The lowest BCUT2D eigenvalue weighted by Gasteiger charge is -2.20. The molecule has 0 aliphatic heterocycles. The number of carbonyl (C=O) groups is 2. The van der Waals surface area contributed by atoms with Crippen LogP contribution in [-0.4, -0.2) is 11.9 Å². The van der Waals surface area contributed by atoms with E-state index >= 15 is 0 Å². The molecule has 0 aromatic carbocycles. The van der Waals surface area contributed by atoms with E-state index < -0.39 is 0 Å². The third kappa shape index (κ3) is 8.37. The zero-order valence-corrected chi connectivity index (χ0v) is 16.1. The largest absolute Gasteiger partial charge is 0.393 e. The number of esters is 2. The molecule has 0 aromatic rings. The first kappa shape index (κ1) is 20.5. The second-order valence-corrected chi connectivity index (χ2v) is 8.24. The molecular formula is C22H38O3. The molecule has 0 atom stereocenters. The third-order valence-electron chi connectivity index (χ3n) is 6.08. The number of ether oxygens (including phenoxy) is 1. The second kappa shape index (κ2) is 12.5. The number of carbonyl (C=O) groups excluding carboxylic acids is 2. The van der Waals surface area contributed by atoms with Gasteiger partial charge in [-0.25, -0.2) is 0 Å². The molecule has 25 heavy (non-hydrogen) atoms. The smallest absolute Gasteiger partial charge is 0.316 e. The molecule has 3 heteroatoms. The minimum atomic E-state index is -0.234. The van der Waals surface area contributed by atoms with Crippen LogP contribution in [0.5, 0.6) is 0 Å². The Balaban J connectivity index is 1.81. The Kier molecular flexibility index (Phi) is 10.2. The van der Waals surface area contributed by atoms with Crippen LogP contribution in [0.1, 0.15) is 116 Å². The van der Waals surface area contributed by atoms with Crippen LogP contribution in [0.2, 0.25) is 0 Å². The molecule has 0 unspecified atom stereocenters. The first-order chi connectivity index (χ1) is 12.3.